The third-order valence-electron chi connectivity index (χ3n) is 5.21. The van der Waals surface area contributed by atoms with Gasteiger partial charge < -0.3 is 10.2 Å². The van der Waals surface area contributed by atoms with E-state index < -0.39 is 5.82 Å². The highest BCUT2D eigenvalue weighted by atomic mass is 19.1. The van der Waals surface area contributed by atoms with Gasteiger partial charge in [-0.2, -0.15) is 0 Å². The fourth-order valence-electron chi connectivity index (χ4n) is 3.78. The molecule has 1 spiro atoms. The van der Waals surface area contributed by atoms with Crippen LogP contribution in [0.2, 0.25) is 0 Å². The van der Waals surface area contributed by atoms with Crippen molar-refractivity contribution < 1.29 is 9.18 Å². The van der Waals surface area contributed by atoms with Crippen molar-refractivity contribution in [2.45, 2.75) is 19.3 Å². The van der Waals surface area contributed by atoms with E-state index in [0.717, 1.165) is 39.0 Å². The van der Waals surface area contributed by atoms with E-state index in [1.54, 1.807) is 0 Å². The number of rotatable bonds is 1. The fourth-order valence-corrected chi connectivity index (χ4v) is 3.78. The van der Waals surface area contributed by atoms with Gasteiger partial charge in [-0.3, -0.25) is 14.8 Å². The van der Waals surface area contributed by atoms with Crippen molar-refractivity contribution in [3.63, 3.8) is 0 Å². The summed E-state index contributed by atoms with van der Waals surface area (Å²) in [6, 6.07) is 2.59. The summed E-state index contributed by atoms with van der Waals surface area (Å²) in [7, 11) is 0. The van der Waals surface area contributed by atoms with Crippen LogP contribution in [0.3, 0.4) is 0 Å². The molecule has 120 valence electrons. The number of hydrogen-bond donors (Lipinski definition) is 1. The maximum Gasteiger partial charge on any atom is 0.256 e. The summed E-state index contributed by atoms with van der Waals surface area (Å²) >= 11 is 0. The molecular formula is C17H19FN4O. The molecule has 6 heteroatoms. The second-order valence-electron chi connectivity index (χ2n) is 6.60. The first-order valence-corrected chi connectivity index (χ1v) is 8.07. The summed E-state index contributed by atoms with van der Waals surface area (Å²) in [5, 5.41) is 3.42. The van der Waals surface area contributed by atoms with Crippen LogP contribution in [0.5, 0.6) is 0 Å². The average Bonchev–Trinajstić information content (AvgIpc) is 3.02. The van der Waals surface area contributed by atoms with Crippen LogP contribution in [-0.4, -0.2) is 47.0 Å². The van der Waals surface area contributed by atoms with Gasteiger partial charge in [-0.15, -0.1) is 0 Å². The van der Waals surface area contributed by atoms with Crippen molar-refractivity contribution >= 4 is 16.9 Å². The zero-order chi connectivity index (χ0) is 15.9. The van der Waals surface area contributed by atoms with Crippen LogP contribution >= 0.6 is 0 Å². The number of nitrogens with one attached hydrogen (secondary N) is 1. The van der Waals surface area contributed by atoms with E-state index in [4.69, 9.17) is 0 Å². The second-order valence-corrected chi connectivity index (χ2v) is 6.60. The zero-order valence-corrected chi connectivity index (χ0v) is 12.9. The Balaban J connectivity index is 1.60. The number of nitrogens with zero attached hydrogens (tertiary/aromatic N) is 3. The Morgan fingerprint density at radius 3 is 2.70 bits per heavy atom. The number of halogens is 1. The van der Waals surface area contributed by atoms with Gasteiger partial charge in [0, 0.05) is 38.1 Å². The van der Waals surface area contributed by atoms with Crippen LogP contribution in [0.4, 0.5) is 4.39 Å². The Labute approximate surface area is 133 Å². The maximum absolute atomic E-state index is 13.8. The monoisotopic (exact) mass is 314 g/mol. The Morgan fingerprint density at radius 2 is 1.96 bits per heavy atom. The summed E-state index contributed by atoms with van der Waals surface area (Å²) in [4.78, 5) is 23.0. The fraction of sp³-hybridized carbons (Fsp3) is 0.471. The Kier molecular flexibility index (Phi) is 3.49. The number of likely N-dealkylation sites (tertiary alicyclic amines) is 1. The summed E-state index contributed by atoms with van der Waals surface area (Å²) in [5.41, 5.74) is 1.56. The first-order chi connectivity index (χ1) is 11.2. The normalized spacial score (nSPS) is 20.3. The predicted molar refractivity (Wildman–Crippen MR) is 84.6 cm³/mol. The summed E-state index contributed by atoms with van der Waals surface area (Å²) < 4.78 is 13.8. The molecule has 1 amide bonds. The number of aromatic nitrogens is 2. The quantitative estimate of drug-likeness (QED) is 0.874. The molecule has 1 aromatic carbocycles. The molecule has 0 unspecified atom stereocenters. The lowest BCUT2D eigenvalue weighted by atomic mass is 9.78. The van der Waals surface area contributed by atoms with Gasteiger partial charge in [0.1, 0.15) is 11.3 Å². The van der Waals surface area contributed by atoms with Gasteiger partial charge in [-0.05, 0) is 37.3 Å². The summed E-state index contributed by atoms with van der Waals surface area (Å²) in [5.74, 6) is -0.592. The highest BCUT2D eigenvalue weighted by Crippen LogP contribution is 2.37. The van der Waals surface area contributed by atoms with Crippen molar-refractivity contribution in [3.8, 4) is 0 Å². The van der Waals surface area contributed by atoms with Gasteiger partial charge in [0.2, 0.25) is 0 Å². The standard InChI is InChI=1S/C17H19FN4O/c18-12-9-13(15-14(10-12)20-5-6-21-15)16(23)22-7-2-17(3-8-22)1-4-19-11-17/h5-6,9-10,19H,1-4,7-8,11H2. The van der Waals surface area contributed by atoms with Gasteiger partial charge in [0.05, 0.1) is 11.1 Å². The lowest BCUT2D eigenvalue weighted by Crippen LogP contribution is -2.44. The molecule has 1 aromatic heterocycles. The van der Waals surface area contributed by atoms with E-state index in [9.17, 15) is 9.18 Å². The van der Waals surface area contributed by atoms with Gasteiger partial charge in [-0.25, -0.2) is 4.39 Å². The molecule has 1 N–H and O–H groups in total. The lowest BCUT2D eigenvalue weighted by molar-refractivity contribution is 0.0609. The molecule has 5 nitrogen and oxygen atoms in total. The van der Waals surface area contributed by atoms with E-state index in [0.29, 0.717) is 22.0 Å². The van der Waals surface area contributed by atoms with E-state index >= 15 is 0 Å². The number of fused-ring (bicyclic) bond motifs is 1. The molecule has 4 rings (SSSR count). The van der Waals surface area contributed by atoms with Crippen LogP contribution in [0.25, 0.3) is 11.0 Å². The third kappa shape index (κ3) is 2.57. The number of hydrogen-bond acceptors (Lipinski definition) is 4. The van der Waals surface area contributed by atoms with Crippen molar-refractivity contribution in [1.29, 1.82) is 0 Å². The van der Waals surface area contributed by atoms with Gasteiger partial charge in [0.15, 0.2) is 0 Å². The maximum atomic E-state index is 13.8. The minimum absolute atomic E-state index is 0.143. The Morgan fingerprint density at radius 1 is 1.17 bits per heavy atom. The lowest BCUT2D eigenvalue weighted by Gasteiger charge is -2.39. The minimum Gasteiger partial charge on any atom is -0.339 e. The molecule has 0 bridgehead atoms. The number of amides is 1. The highest BCUT2D eigenvalue weighted by molar-refractivity contribution is 6.04. The van der Waals surface area contributed by atoms with Crippen LogP contribution < -0.4 is 5.32 Å². The van der Waals surface area contributed by atoms with Crippen molar-refractivity contribution in [2.75, 3.05) is 26.2 Å². The first-order valence-electron chi connectivity index (χ1n) is 8.07. The van der Waals surface area contributed by atoms with E-state index in [1.165, 1.54) is 30.9 Å². The molecule has 0 radical (unpaired) electrons. The summed E-state index contributed by atoms with van der Waals surface area (Å²) in [6.45, 7) is 3.55. The predicted octanol–water partition coefficient (Wildman–Crippen LogP) is 1.98. The molecule has 3 heterocycles. The molecule has 2 aromatic rings. The molecule has 2 saturated heterocycles. The molecule has 23 heavy (non-hydrogen) atoms. The second kappa shape index (κ2) is 5.53. The molecular weight excluding hydrogens is 295 g/mol. The molecule has 0 aliphatic carbocycles. The third-order valence-corrected chi connectivity index (χ3v) is 5.21. The van der Waals surface area contributed by atoms with Crippen LogP contribution in [0.15, 0.2) is 24.5 Å². The molecule has 0 atom stereocenters. The Hall–Kier alpha value is -2.08. The number of carbonyl (C=O) groups excluding carboxylic acids is 1. The largest absolute Gasteiger partial charge is 0.339 e. The van der Waals surface area contributed by atoms with Crippen LogP contribution in [0, 0.1) is 11.2 Å². The van der Waals surface area contributed by atoms with Crippen LogP contribution in [-0.2, 0) is 0 Å². The van der Waals surface area contributed by atoms with Crippen molar-refractivity contribution in [1.82, 2.24) is 20.2 Å². The number of piperidine rings is 1. The SMILES string of the molecule is O=C(c1cc(F)cc2nccnc12)N1CCC2(CCNC2)CC1. The smallest absolute Gasteiger partial charge is 0.256 e. The van der Waals surface area contributed by atoms with Crippen LogP contribution in [0.1, 0.15) is 29.6 Å². The highest BCUT2D eigenvalue weighted by Gasteiger charge is 2.38. The number of benzene rings is 1. The molecule has 2 aliphatic rings. The molecule has 0 saturated carbocycles. The average molecular weight is 314 g/mol. The van der Waals surface area contributed by atoms with Gasteiger partial charge in [0.25, 0.3) is 5.91 Å². The van der Waals surface area contributed by atoms with E-state index in [1.807, 2.05) is 4.90 Å². The summed E-state index contributed by atoms with van der Waals surface area (Å²) in [6.07, 6.45) is 6.24. The van der Waals surface area contributed by atoms with Gasteiger partial charge in [-0.1, -0.05) is 0 Å². The van der Waals surface area contributed by atoms with Crippen molar-refractivity contribution in [3.05, 3.63) is 35.9 Å². The van der Waals surface area contributed by atoms with E-state index in [-0.39, 0.29) is 5.91 Å². The van der Waals surface area contributed by atoms with E-state index in [2.05, 4.69) is 15.3 Å². The van der Waals surface area contributed by atoms with Gasteiger partial charge >= 0.3 is 0 Å². The topological polar surface area (TPSA) is 58.1 Å². The Bertz CT molecular complexity index is 747. The first kappa shape index (κ1) is 14.5. The van der Waals surface area contributed by atoms with Crippen molar-refractivity contribution in [2.24, 2.45) is 5.41 Å². The molecule has 2 aliphatic heterocycles. The minimum atomic E-state index is -0.449. The molecule has 2 fully saturated rings. The number of carbonyl (C=O) groups is 1. The zero-order valence-electron chi connectivity index (χ0n) is 12.9.